The van der Waals surface area contributed by atoms with Gasteiger partial charge in [-0.25, -0.2) is 12.7 Å². The van der Waals surface area contributed by atoms with Gasteiger partial charge in [0.1, 0.15) is 5.75 Å². The number of hydrogen-bond acceptors (Lipinski definition) is 4. The Labute approximate surface area is 163 Å². The molecule has 27 heavy (non-hydrogen) atoms. The summed E-state index contributed by atoms with van der Waals surface area (Å²) in [4.78, 5) is 14.9. The van der Waals surface area contributed by atoms with Crippen LogP contribution in [0.1, 0.15) is 11.1 Å². The predicted molar refractivity (Wildman–Crippen MR) is 103 cm³/mol. The molecular weight excluding hydrogens is 388 g/mol. The predicted octanol–water partition coefficient (Wildman–Crippen LogP) is 2.48. The van der Waals surface area contributed by atoms with Gasteiger partial charge in [-0.3, -0.25) is 4.79 Å². The van der Waals surface area contributed by atoms with E-state index in [0.717, 1.165) is 16.8 Å². The van der Waals surface area contributed by atoms with Crippen LogP contribution in [0.2, 0.25) is 5.02 Å². The Bertz CT molecular complexity index is 1040. The van der Waals surface area contributed by atoms with Crippen molar-refractivity contribution in [2.45, 2.75) is 23.8 Å². The van der Waals surface area contributed by atoms with Crippen LogP contribution in [0.5, 0.6) is 5.75 Å². The van der Waals surface area contributed by atoms with Gasteiger partial charge in [0.15, 0.2) is 6.10 Å². The van der Waals surface area contributed by atoms with Crippen LogP contribution in [-0.4, -0.2) is 45.4 Å². The number of rotatable bonds is 3. The molecule has 6 nitrogen and oxygen atoms in total. The average Bonchev–Trinajstić information content (AvgIpc) is 3.23. The molecule has 0 radical (unpaired) electrons. The molecule has 0 aliphatic carbocycles. The Morgan fingerprint density at radius 2 is 1.96 bits per heavy atom. The summed E-state index contributed by atoms with van der Waals surface area (Å²) in [5.41, 5.74) is 2.52. The van der Waals surface area contributed by atoms with Crippen LogP contribution in [0.3, 0.4) is 0 Å². The fourth-order valence-corrected chi connectivity index (χ4v) is 4.65. The zero-order chi connectivity index (χ0) is 19.3. The molecule has 2 aromatic rings. The minimum absolute atomic E-state index is 0.121. The van der Waals surface area contributed by atoms with Gasteiger partial charge in [-0.2, -0.15) is 0 Å². The SMILES string of the molecule is CN(C)S(=O)(=O)c1ccc2c(c1)CCN2C(=O)C1Cc2cc(Cl)ccc2O1. The molecule has 0 aromatic heterocycles. The summed E-state index contributed by atoms with van der Waals surface area (Å²) in [6, 6.07) is 10.2. The van der Waals surface area contributed by atoms with Crippen molar-refractivity contribution >= 4 is 33.2 Å². The number of fused-ring (bicyclic) bond motifs is 2. The van der Waals surface area contributed by atoms with E-state index in [-0.39, 0.29) is 10.8 Å². The van der Waals surface area contributed by atoms with Gasteiger partial charge < -0.3 is 9.64 Å². The number of nitrogens with zero attached hydrogens (tertiary/aromatic N) is 2. The fraction of sp³-hybridized carbons (Fsp3) is 0.316. The first-order chi connectivity index (χ1) is 12.8. The van der Waals surface area contributed by atoms with Crippen LogP contribution in [0.25, 0.3) is 0 Å². The number of amides is 1. The quantitative estimate of drug-likeness (QED) is 0.785. The molecule has 8 heteroatoms. The van der Waals surface area contributed by atoms with Crippen LogP contribution < -0.4 is 9.64 Å². The molecule has 0 N–H and O–H groups in total. The van der Waals surface area contributed by atoms with Crippen molar-refractivity contribution in [1.82, 2.24) is 4.31 Å². The van der Waals surface area contributed by atoms with E-state index in [9.17, 15) is 13.2 Å². The van der Waals surface area contributed by atoms with Crippen molar-refractivity contribution in [3.05, 3.63) is 52.5 Å². The molecule has 2 heterocycles. The van der Waals surface area contributed by atoms with Crippen molar-refractivity contribution in [2.24, 2.45) is 0 Å². The first kappa shape index (κ1) is 18.3. The lowest BCUT2D eigenvalue weighted by Crippen LogP contribution is -2.40. The van der Waals surface area contributed by atoms with E-state index in [4.69, 9.17) is 16.3 Å². The maximum absolute atomic E-state index is 13.0. The molecule has 0 fully saturated rings. The lowest BCUT2D eigenvalue weighted by Gasteiger charge is -2.21. The molecule has 0 saturated carbocycles. The second kappa shape index (κ2) is 6.51. The molecule has 1 amide bonds. The molecule has 2 aromatic carbocycles. The normalized spacial score (nSPS) is 18.4. The van der Waals surface area contributed by atoms with Crippen LogP contribution in [-0.2, 0) is 27.7 Å². The third-order valence-corrected chi connectivity index (χ3v) is 7.01. The number of sulfonamides is 1. The smallest absolute Gasteiger partial charge is 0.268 e. The van der Waals surface area contributed by atoms with Gasteiger partial charge in [0, 0.05) is 37.8 Å². The number of benzene rings is 2. The summed E-state index contributed by atoms with van der Waals surface area (Å²) >= 11 is 6.02. The zero-order valence-corrected chi connectivity index (χ0v) is 16.5. The minimum Gasteiger partial charge on any atom is -0.480 e. The van der Waals surface area contributed by atoms with E-state index in [0.29, 0.717) is 30.2 Å². The fourth-order valence-electron chi connectivity index (χ4n) is 3.51. The van der Waals surface area contributed by atoms with Crippen molar-refractivity contribution in [1.29, 1.82) is 0 Å². The van der Waals surface area contributed by atoms with Crippen molar-refractivity contribution in [3.8, 4) is 5.75 Å². The number of carbonyl (C=O) groups is 1. The van der Waals surface area contributed by atoms with Crippen molar-refractivity contribution < 1.29 is 17.9 Å². The Balaban J connectivity index is 1.57. The van der Waals surface area contributed by atoms with Gasteiger partial charge in [-0.1, -0.05) is 11.6 Å². The van der Waals surface area contributed by atoms with E-state index >= 15 is 0 Å². The number of anilines is 1. The largest absolute Gasteiger partial charge is 0.480 e. The lowest BCUT2D eigenvalue weighted by atomic mass is 10.1. The minimum atomic E-state index is -3.50. The first-order valence-electron chi connectivity index (χ1n) is 8.59. The molecule has 0 bridgehead atoms. The van der Waals surface area contributed by atoms with Crippen molar-refractivity contribution in [3.63, 3.8) is 0 Å². The Hall–Kier alpha value is -2.09. The summed E-state index contributed by atoms with van der Waals surface area (Å²) in [5.74, 6) is 0.564. The summed E-state index contributed by atoms with van der Waals surface area (Å²) in [7, 11) is -0.500. The molecule has 0 saturated heterocycles. The average molecular weight is 407 g/mol. The second-order valence-electron chi connectivity index (χ2n) is 6.88. The Morgan fingerprint density at radius 3 is 2.70 bits per heavy atom. The Kier molecular flexibility index (Phi) is 4.41. The van der Waals surface area contributed by atoms with Crippen molar-refractivity contribution in [2.75, 3.05) is 25.5 Å². The van der Waals surface area contributed by atoms with E-state index < -0.39 is 16.1 Å². The number of halogens is 1. The highest BCUT2D eigenvalue weighted by Gasteiger charge is 2.36. The van der Waals surface area contributed by atoms with E-state index in [1.54, 1.807) is 35.2 Å². The van der Waals surface area contributed by atoms with Crippen LogP contribution in [0, 0.1) is 0 Å². The zero-order valence-electron chi connectivity index (χ0n) is 15.0. The summed E-state index contributed by atoms with van der Waals surface area (Å²) < 4.78 is 31.6. The molecule has 2 aliphatic heterocycles. The molecular formula is C19H19ClN2O4S. The molecule has 142 valence electrons. The highest BCUT2D eigenvalue weighted by Crippen LogP contribution is 2.35. The molecule has 1 atom stereocenters. The van der Waals surface area contributed by atoms with E-state index in [1.165, 1.54) is 18.4 Å². The van der Waals surface area contributed by atoms with Gasteiger partial charge in [-0.15, -0.1) is 0 Å². The molecule has 0 spiro atoms. The number of hydrogen-bond donors (Lipinski definition) is 0. The van der Waals surface area contributed by atoms with Gasteiger partial charge in [-0.05, 0) is 53.9 Å². The molecule has 1 unspecified atom stereocenters. The summed E-state index contributed by atoms with van der Waals surface area (Å²) in [5, 5.41) is 0.617. The second-order valence-corrected chi connectivity index (χ2v) is 9.47. The van der Waals surface area contributed by atoms with E-state index in [1.807, 2.05) is 6.07 Å². The van der Waals surface area contributed by atoms with Crippen LogP contribution in [0.4, 0.5) is 5.69 Å². The number of carbonyl (C=O) groups excluding carboxylic acids is 1. The molecule has 4 rings (SSSR count). The highest BCUT2D eigenvalue weighted by atomic mass is 35.5. The standard InChI is InChI=1S/C19H19ClN2O4S/c1-21(2)27(24,25)15-4-5-16-12(10-15)7-8-22(16)19(23)18-11-13-9-14(20)3-6-17(13)26-18/h3-6,9-10,18H,7-8,11H2,1-2H3. The maximum Gasteiger partial charge on any atom is 0.268 e. The third-order valence-electron chi connectivity index (χ3n) is 4.96. The number of ether oxygens (including phenoxy) is 1. The topological polar surface area (TPSA) is 66.9 Å². The van der Waals surface area contributed by atoms with Crippen LogP contribution >= 0.6 is 11.6 Å². The van der Waals surface area contributed by atoms with Gasteiger partial charge in [0.25, 0.3) is 5.91 Å². The Morgan fingerprint density at radius 1 is 1.19 bits per heavy atom. The monoisotopic (exact) mass is 406 g/mol. The highest BCUT2D eigenvalue weighted by molar-refractivity contribution is 7.89. The molecule has 2 aliphatic rings. The van der Waals surface area contributed by atoms with E-state index in [2.05, 4.69) is 0 Å². The van der Waals surface area contributed by atoms with Crippen LogP contribution in [0.15, 0.2) is 41.3 Å². The van der Waals surface area contributed by atoms with Gasteiger partial charge in [0.05, 0.1) is 4.90 Å². The van der Waals surface area contributed by atoms with Gasteiger partial charge in [0.2, 0.25) is 10.0 Å². The summed E-state index contributed by atoms with van der Waals surface area (Å²) in [6.45, 7) is 0.511. The first-order valence-corrected chi connectivity index (χ1v) is 10.4. The summed E-state index contributed by atoms with van der Waals surface area (Å²) in [6.07, 6.45) is 0.506. The van der Waals surface area contributed by atoms with Gasteiger partial charge >= 0.3 is 0 Å². The third kappa shape index (κ3) is 3.09. The lowest BCUT2D eigenvalue weighted by molar-refractivity contribution is -0.124. The maximum atomic E-state index is 13.0.